The number of hydrogen-bond donors (Lipinski definition) is 3. The molecule has 2 rings (SSSR count). The van der Waals surface area contributed by atoms with Crippen LogP contribution in [0.3, 0.4) is 0 Å². The van der Waals surface area contributed by atoms with E-state index in [0.29, 0.717) is 12.2 Å². The van der Waals surface area contributed by atoms with E-state index in [1.807, 2.05) is 38.9 Å². The van der Waals surface area contributed by atoms with Gasteiger partial charge in [0, 0.05) is 32.3 Å². The number of phenolic OH excluding ortho intramolecular Hbond substituents is 1. The molecule has 25 heavy (non-hydrogen) atoms. The summed E-state index contributed by atoms with van der Waals surface area (Å²) in [6, 6.07) is 8.88. The van der Waals surface area contributed by atoms with Crippen molar-refractivity contribution >= 4 is 13.3 Å². The Morgan fingerprint density at radius 3 is 2.20 bits per heavy atom. The van der Waals surface area contributed by atoms with Gasteiger partial charge in [-0.3, -0.25) is 4.57 Å². The lowest BCUT2D eigenvalue weighted by molar-refractivity contribution is 0.300. The molecule has 0 aliphatic carbocycles. The topological polar surface area (TPSA) is 90.2 Å². The van der Waals surface area contributed by atoms with Crippen LogP contribution in [0.2, 0.25) is 0 Å². The predicted octanol–water partition coefficient (Wildman–Crippen LogP) is 3.18. The maximum absolute atomic E-state index is 11.0. The molecule has 0 bridgehead atoms. The Morgan fingerprint density at radius 2 is 1.68 bits per heavy atom. The first-order valence-corrected chi connectivity index (χ1v) is 9.63. The Hall–Kier alpha value is -2.01. The second-order valence-corrected chi connectivity index (χ2v) is 7.95. The average Bonchev–Trinajstić information content (AvgIpc) is 2.49. The van der Waals surface area contributed by atoms with Crippen LogP contribution in [0.1, 0.15) is 22.3 Å². The molecule has 0 aliphatic rings. The van der Waals surface area contributed by atoms with Crippen LogP contribution < -0.4 is 9.64 Å². The minimum atomic E-state index is -4.20. The molecule has 0 fully saturated rings. The lowest BCUT2D eigenvalue weighted by Crippen LogP contribution is -2.12. The average molecular weight is 365 g/mol. The largest absolute Gasteiger partial charge is 0.508 e. The molecular weight excluding hydrogens is 341 g/mol. The van der Waals surface area contributed by atoms with E-state index in [9.17, 15) is 9.67 Å². The highest BCUT2D eigenvalue weighted by Gasteiger charge is 2.16. The summed E-state index contributed by atoms with van der Waals surface area (Å²) >= 11 is 0. The molecule has 0 radical (unpaired) electrons. The van der Waals surface area contributed by atoms with Gasteiger partial charge < -0.3 is 24.5 Å². The molecule has 136 valence electrons. The summed E-state index contributed by atoms with van der Waals surface area (Å²) < 4.78 is 16.2. The fraction of sp³-hybridized carbons (Fsp3) is 0.333. The zero-order valence-corrected chi connectivity index (χ0v) is 15.7. The lowest BCUT2D eigenvalue weighted by Gasteiger charge is -2.20. The van der Waals surface area contributed by atoms with Crippen LogP contribution in [0.25, 0.3) is 0 Å². The van der Waals surface area contributed by atoms with Gasteiger partial charge in [-0.1, -0.05) is 6.07 Å². The fourth-order valence-corrected chi connectivity index (χ4v) is 3.10. The third-order valence-electron chi connectivity index (χ3n) is 3.99. The van der Waals surface area contributed by atoms with E-state index < -0.39 is 13.9 Å². The Balaban J connectivity index is 2.31. The monoisotopic (exact) mass is 365 g/mol. The van der Waals surface area contributed by atoms with Crippen LogP contribution >= 0.6 is 7.60 Å². The number of hydrogen-bond acceptors (Lipinski definition) is 4. The highest BCUT2D eigenvalue weighted by Crippen LogP contribution is 2.35. The summed E-state index contributed by atoms with van der Waals surface area (Å²) in [4.78, 5) is 19.8. The smallest absolute Gasteiger partial charge is 0.362 e. The predicted molar refractivity (Wildman–Crippen MR) is 98.7 cm³/mol. The third-order valence-corrected chi connectivity index (χ3v) is 4.45. The van der Waals surface area contributed by atoms with Crippen molar-refractivity contribution in [1.82, 2.24) is 0 Å². The van der Waals surface area contributed by atoms with Gasteiger partial charge in [-0.2, -0.15) is 0 Å². The highest BCUT2D eigenvalue weighted by molar-refractivity contribution is 7.51. The number of aryl methyl sites for hydroxylation is 2. The summed E-state index contributed by atoms with van der Waals surface area (Å²) in [7, 11) is -0.347. The first-order valence-electron chi connectivity index (χ1n) is 7.83. The standard InChI is InChI=1S/C18H24NO5P/c1-12-7-16(24-11-25(21,22)23)8-13(2)17(12)9-14-5-6-15(20)10-18(14)19(3)4/h5-8,10,20H,9,11H2,1-4H3,(H2,21,22,23). The van der Waals surface area contributed by atoms with E-state index in [0.717, 1.165) is 27.9 Å². The van der Waals surface area contributed by atoms with Crippen molar-refractivity contribution in [2.24, 2.45) is 0 Å². The zero-order valence-electron chi connectivity index (χ0n) is 14.9. The molecule has 0 aliphatic heterocycles. The van der Waals surface area contributed by atoms with Crippen LogP contribution in [0.15, 0.2) is 30.3 Å². The van der Waals surface area contributed by atoms with Crippen molar-refractivity contribution in [3.63, 3.8) is 0 Å². The number of phenols is 1. The van der Waals surface area contributed by atoms with Crippen LogP contribution in [-0.2, 0) is 11.0 Å². The number of benzene rings is 2. The molecule has 0 unspecified atom stereocenters. The van der Waals surface area contributed by atoms with Crippen LogP contribution in [-0.4, -0.2) is 35.3 Å². The van der Waals surface area contributed by atoms with Crippen molar-refractivity contribution in [2.75, 3.05) is 25.3 Å². The van der Waals surface area contributed by atoms with Gasteiger partial charge in [-0.05, 0) is 54.3 Å². The maximum Gasteiger partial charge on any atom is 0.362 e. The Kier molecular flexibility index (Phi) is 5.78. The summed E-state index contributed by atoms with van der Waals surface area (Å²) in [6.07, 6.45) is 0.0538. The Morgan fingerprint density at radius 1 is 1.08 bits per heavy atom. The van der Waals surface area contributed by atoms with Gasteiger partial charge in [0.1, 0.15) is 11.5 Å². The number of nitrogens with zero attached hydrogens (tertiary/aromatic N) is 1. The summed E-state index contributed by atoms with van der Waals surface area (Å²) in [5.74, 6) is 0.669. The van der Waals surface area contributed by atoms with E-state index in [1.165, 1.54) is 0 Å². The van der Waals surface area contributed by atoms with E-state index in [2.05, 4.69) is 0 Å². The Labute approximate surface area is 147 Å². The summed E-state index contributed by atoms with van der Waals surface area (Å²) in [5, 5.41) is 9.72. The van der Waals surface area contributed by atoms with E-state index in [-0.39, 0.29) is 5.75 Å². The van der Waals surface area contributed by atoms with E-state index in [1.54, 1.807) is 24.3 Å². The molecule has 0 atom stereocenters. The molecule has 0 saturated carbocycles. The fourth-order valence-electron chi connectivity index (χ4n) is 2.78. The molecule has 0 aromatic heterocycles. The first kappa shape index (κ1) is 19.3. The summed E-state index contributed by atoms with van der Waals surface area (Å²) in [5.41, 5.74) is 5.12. The van der Waals surface area contributed by atoms with E-state index >= 15 is 0 Å². The molecule has 2 aromatic rings. The number of anilines is 1. The van der Waals surface area contributed by atoms with Gasteiger partial charge in [0.15, 0.2) is 6.35 Å². The van der Waals surface area contributed by atoms with Crippen LogP contribution in [0.5, 0.6) is 11.5 Å². The second kappa shape index (κ2) is 7.48. The van der Waals surface area contributed by atoms with Gasteiger partial charge >= 0.3 is 7.60 Å². The molecule has 0 amide bonds. The Bertz CT molecular complexity index is 790. The molecule has 3 N–H and O–H groups in total. The van der Waals surface area contributed by atoms with Crippen molar-refractivity contribution < 1.29 is 24.2 Å². The minimum Gasteiger partial charge on any atom is -0.508 e. The van der Waals surface area contributed by atoms with Gasteiger partial charge in [0.2, 0.25) is 0 Å². The molecular formula is C18H24NO5P. The number of aromatic hydroxyl groups is 1. The molecule has 7 heteroatoms. The minimum absolute atomic E-state index is 0.224. The van der Waals surface area contributed by atoms with Crippen LogP contribution in [0.4, 0.5) is 5.69 Å². The van der Waals surface area contributed by atoms with Gasteiger partial charge in [-0.25, -0.2) is 0 Å². The second-order valence-electron chi connectivity index (χ2n) is 6.36. The molecule has 0 saturated heterocycles. The lowest BCUT2D eigenvalue weighted by atomic mass is 9.94. The molecule has 2 aromatic carbocycles. The van der Waals surface area contributed by atoms with Crippen molar-refractivity contribution in [3.8, 4) is 11.5 Å². The third kappa shape index (κ3) is 5.23. The molecule has 0 spiro atoms. The number of rotatable bonds is 6. The first-order chi connectivity index (χ1) is 11.6. The van der Waals surface area contributed by atoms with Gasteiger partial charge in [0.25, 0.3) is 0 Å². The van der Waals surface area contributed by atoms with Crippen molar-refractivity contribution in [1.29, 1.82) is 0 Å². The van der Waals surface area contributed by atoms with Crippen molar-refractivity contribution in [3.05, 3.63) is 52.6 Å². The van der Waals surface area contributed by atoms with Crippen LogP contribution in [0, 0.1) is 13.8 Å². The zero-order chi connectivity index (χ0) is 18.8. The maximum atomic E-state index is 11.0. The molecule has 0 heterocycles. The highest BCUT2D eigenvalue weighted by atomic mass is 31.2. The summed E-state index contributed by atoms with van der Waals surface area (Å²) in [6.45, 7) is 3.89. The van der Waals surface area contributed by atoms with Crippen molar-refractivity contribution in [2.45, 2.75) is 20.3 Å². The van der Waals surface area contributed by atoms with E-state index in [4.69, 9.17) is 14.5 Å². The van der Waals surface area contributed by atoms with Gasteiger partial charge in [0.05, 0.1) is 0 Å². The quantitative estimate of drug-likeness (QED) is 0.681. The molecule has 6 nitrogen and oxygen atoms in total. The normalized spacial score (nSPS) is 11.4. The van der Waals surface area contributed by atoms with Gasteiger partial charge in [-0.15, -0.1) is 0 Å². The number of ether oxygens (including phenoxy) is 1. The SMILES string of the molecule is Cc1cc(OCP(=O)(O)O)cc(C)c1Cc1ccc(O)cc1N(C)C.